The third kappa shape index (κ3) is 1.36. The Morgan fingerprint density at radius 3 is 3.14 bits per heavy atom. The van der Waals surface area contributed by atoms with E-state index in [4.69, 9.17) is 0 Å². The molecule has 3 heterocycles. The highest BCUT2D eigenvalue weighted by Gasteiger charge is 2.28. The molecule has 14 heavy (non-hydrogen) atoms. The van der Waals surface area contributed by atoms with Gasteiger partial charge in [-0.15, -0.1) is 0 Å². The lowest BCUT2D eigenvalue weighted by Gasteiger charge is -2.19. The minimum Gasteiger partial charge on any atom is -0.370 e. The summed E-state index contributed by atoms with van der Waals surface area (Å²) < 4.78 is 0. The van der Waals surface area contributed by atoms with E-state index in [2.05, 4.69) is 15.2 Å². The first kappa shape index (κ1) is 8.48. The van der Waals surface area contributed by atoms with Crippen molar-refractivity contribution in [3.63, 3.8) is 0 Å². The molecule has 3 nitrogen and oxygen atoms in total. The van der Waals surface area contributed by atoms with Crippen LogP contribution in [0.4, 0.5) is 0 Å². The summed E-state index contributed by atoms with van der Waals surface area (Å²) in [5, 5.41) is 3.47. The van der Waals surface area contributed by atoms with Crippen LogP contribution in [0.25, 0.3) is 0 Å². The van der Waals surface area contributed by atoms with E-state index in [0.29, 0.717) is 0 Å². The van der Waals surface area contributed by atoms with Crippen molar-refractivity contribution in [2.75, 3.05) is 32.7 Å². The maximum atomic E-state index is 4.56. The molecule has 0 aromatic rings. The molecule has 1 fully saturated rings. The summed E-state index contributed by atoms with van der Waals surface area (Å²) in [6, 6.07) is 0. The molecular formula is C11H17N3. The number of fused-ring (bicyclic) bond motifs is 1. The van der Waals surface area contributed by atoms with Gasteiger partial charge in [0, 0.05) is 25.2 Å². The summed E-state index contributed by atoms with van der Waals surface area (Å²) in [4.78, 5) is 7.12. The van der Waals surface area contributed by atoms with Gasteiger partial charge in [0.25, 0.3) is 0 Å². The summed E-state index contributed by atoms with van der Waals surface area (Å²) in [5.41, 5.74) is 3.07. The van der Waals surface area contributed by atoms with Gasteiger partial charge in [-0.1, -0.05) is 6.42 Å². The van der Waals surface area contributed by atoms with Crippen LogP contribution in [0, 0.1) is 0 Å². The molecule has 3 rings (SSSR count). The number of nitrogens with zero attached hydrogens (tertiary/aromatic N) is 2. The normalized spacial score (nSPS) is 31.4. The Labute approximate surface area is 84.9 Å². The molecule has 0 spiro atoms. The molecular weight excluding hydrogens is 174 g/mol. The fraction of sp³-hybridized carbons (Fsp3) is 0.727. The number of amidine groups is 1. The minimum atomic E-state index is 0.953. The van der Waals surface area contributed by atoms with Gasteiger partial charge in [0.2, 0.25) is 0 Å². The van der Waals surface area contributed by atoms with Crippen molar-refractivity contribution < 1.29 is 0 Å². The van der Waals surface area contributed by atoms with Crippen LogP contribution < -0.4 is 5.32 Å². The van der Waals surface area contributed by atoms with Crippen LogP contribution in [0.3, 0.4) is 0 Å². The van der Waals surface area contributed by atoms with E-state index in [1.165, 1.54) is 43.8 Å². The number of rotatable bonds is 0. The van der Waals surface area contributed by atoms with Crippen LogP contribution in [-0.4, -0.2) is 43.5 Å². The Hall–Kier alpha value is -0.830. The molecule has 1 N–H and O–H groups in total. The van der Waals surface area contributed by atoms with E-state index in [9.17, 15) is 0 Å². The zero-order chi connectivity index (χ0) is 9.38. The van der Waals surface area contributed by atoms with E-state index in [1.54, 1.807) is 5.57 Å². The number of nitrogens with one attached hydrogen (secondary N) is 1. The van der Waals surface area contributed by atoms with Crippen molar-refractivity contribution >= 4 is 5.84 Å². The Bertz CT molecular complexity index is 304. The molecule has 2 bridgehead atoms. The van der Waals surface area contributed by atoms with E-state index in [0.717, 1.165) is 19.6 Å². The predicted molar refractivity (Wildman–Crippen MR) is 57.6 cm³/mol. The van der Waals surface area contributed by atoms with Gasteiger partial charge in [-0.25, -0.2) is 0 Å². The second kappa shape index (κ2) is 3.39. The zero-order valence-corrected chi connectivity index (χ0v) is 8.55. The summed E-state index contributed by atoms with van der Waals surface area (Å²) in [6.45, 7) is 5.65. The van der Waals surface area contributed by atoms with Crippen LogP contribution in [0.2, 0.25) is 0 Å². The van der Waals surface area contributed by atoms with E-state index < -0.39 is 0 Å². The molecule has 0 aromatic carbocycles. The minimum absolute atomic E-state index is 0.953. The van der Waals surface area contributed by atoms with Crippen LogP contribution in [0.15, 0.2) is 16.1 Å². The molecule has 3 aliphatic heterocycles. The standard InChI is InChI=1S/C11H17N3/c1-2-4-12-11-10-8-14(5-3-1)7-9(10)6-13-11/h1-8H2,(H,12,13). The maximum Gasteiger partial charge on any atom is 0.125 e. The summed E-state index contributed by atoms with van der Waals surface area (Å²) >= 11 is 0. The quantitative estimate of drug-likeness (QED) is 0.613. The van der Waals surface area contributed by atoms with Crippen LogP contribution in [0.1, 0.15) is 19.3 Å². The van der Waals surface area contributed by atoms with Crippen molar-refractivity contribution in [1.29, 1.82) is 0 Å². The molecule has 0 aromatic heterocycles. The van der Waals surface area contributed by atoms with Crippen LogP contribution >= 0.6 is 0 Å². The SMILES string of the molecule is C1CCNC2=NCC3=C2CN(CC1)C3. The Morgan fingerprint density at radius 2 is 2.14 bits per heavy atom. The van der Waals surface area contributed by atoms with Crippen molar-refractivity contribution in [2.45, 2.75) is 19.3 Å². The maximum absolute atomic E-state index is 4.56. The second-order valence-corrected chi connectivity index (χ2v) is 4.45. The summed E-state index contributed by atoms with van der Waals surface area (Å²) in [5.74, 6) is 1.20. The first-order chi connectivity index (χ1) is 6.93. The van der Waals surface area contributed by atoms with Gasteiger partial charge >= 0.3 is 0 Å². The molecule has 3 aliphatic rings. The fourth-order valence-corrected chi connectivity index (χ4v) is 2.58. The zero-order valence-electron chi connectivity index (χ0n) is 8.55. The van der Waals surface area contributed by atoms with Gasteiger partial charge in [0.1, 0.15) is 5.84 Å². The third-order valence-corrected chi connectivity index (χ3v) is 3.38. The van der Waals surface area contributed by atoms with Gasteiger partial charge in [-0.3, -0.25) is 9.89 Å². The lowest BCUT2D eigenvalue weighted by atomic mass is 10.1. The number of hydrogen-bond donors (Lipinski definition) is 1. The van der Waals surface area contributed by atoms with Gasteiger partial charge in [0.05, 0.1) is 6.54 Å². The Morgan fingerprint density at radius 1 is 1.14 bits per heavy atom. The Kier molecular flexibility index (Phi) is 2.05. The van der Waals surface area contributed by atoms with Gasteiger partial charge < -0.3 is 5.32 Å². The van der Waals surface area contributed by atoms with E-state index in [1.807, 2.05) is 0 Å². The summed E-state index contributed by atoms with van der Waals surface area (Å²) in [7, 11) is 0. The first-order valence-electron chi connectivity index (χ1n) is 5.65. The highest BCUT2D eigenvalue weighted by atomic mass is 15.2. The molecule has 0 aliphatic carbocycles. The van der Waals surface area contributed by atoms with Crippen molar-refractivity contribution in [2.24, 2.45) is 4.99 Å². The van der Waals surface area contributed by atoms with Crippen LogP contribution in [-0.2, 0) is 0 Å². The molecule has 1 unspecified atom stereocenters. The van der Waals surface area contributed by atoms with E-state index in [-0.39, 0.29) is 0 Å². The predicted octanol–water partition coefficient (Wildman–Crippen LogP) is 0.784. The lowest BCUT2D eigenvalue weighted by Crippen LogP contribution is -2.31. The van der Waals surface area contributed by atoms with E-state index >= 15 is 0 Å². The van der Waals surface area contributed by atoms with Gasteiger partial charge in [-0.05, 0) is 25.0 Å². The third-order valence-electron chi connectivity index (χ3n) is 3.38. The highest BCUT2D eigenvalue weighted by molar-refractivity contribution is 6.02. The molecule has 0 amide bonds. The van der Waals surface area contributed by atoms with Crippen molar-refractivity contribution in [1.82, 2.24) is 10.2 Å². The average molecular weight is 191 g/mol. The van der Waals surface area contributed by atoms with Crippen LogP contribution in [0.5, 0.6) is 0 Å². The first-order valence-corrected chi connectivity index (χ1v) is 5.65. The number of hydrogen-bond acceptors (Lipinski definition) is 3. The summed E-state index contributed by atoms with van der Waals surface area (Å²) in [6.07, 6.45) is 3.99. The smallest absolute Gasteiger partial charge is 0.125 e. The molecule has 76 valence electrons. The second-order valence-electron chi connectivity index (χ2n) is 4.45. The monoisotopic (exact) mass is 191 g/mol. The molecule has 0 radical (unpaired) electrons. The average Bonchev–Trinajstić information content (AvgIpc) is 2.71. The van der Waals surface area contributed by atoms with Gasteiger partial charge in [0.15, 0.2) is 0 Å². The molecule has 3 heteroatoms. The van der Waals surface area contributed by atoms with Gasteiger partial charge in [-0.2, -0.15) is 0 Å². The lowest BCUT2D eigenvalue weighted by molar-refractivity contribution is 0.332. The van der Waals surface area contributed by atoms with Crippen molar-refractivity contribution in [3.05, 3.63) is 11.1 Å². The van der Waals surface area contributed by atoms with Crippen molar-refractivity contribution in [3.8, 4) is 0 Å². The molecule has 0 saturated carbocycles. The topological polar surface area (TPSA) is 27.6 Å². The number of aliphatic imine (C=N–C) groups is 1. The molecule has 1 atom stereocenters. The largest absolute Gasteiger partial charge is 0.370 e. The highest BCUT2D eigenvalue weighted by Crippen LogP contribution is 2.24. The molecule has 1 saturated heterocycles. The Balaban J connectivity index is 1.80. The fourth-order valence-electron chi connectivity index (χ4n) is 2.58.